The molecule has 1 aliphatic rings. The number of hydrogen-bond donors (Lipinski definition) is 1. The summed E-state index contributed by atoms with van der Waals surface area (Å²) >= 11 is 0. The van der Waals surface area contributed by atoms with Gasteiger partial charge in [-0.05, 0) is 43.9 Å². The first-order valence-electron chi connectivity index (χ1n) is 7.66. The van der Waals surface area contributed by atoms with Crippen molar-refractivity contribution in [3.63, 3.8) is 0 Å². The summed E-state index contributed by atoms with van der Waals surface area (Å²) in [5.74, 6) is 0.0309. The Balaban J connectivity index is 2.13. The van der Waals surface area contributed by atoms with Gasteiger partial charge in [0.1, 0.15) is 0 Å². The lowest BCUT2D eigenvalue weighted by atomic mass is 9.90. The standard InChI is InChI=1S/C17H26N2O2/c1-12-8-13(2)16(14(3)9-12)10-15(11-18)17(20)19-4-6-21-7-5-19/h8-9,15H,4-7,10-11,18H2,1-3H3. The van der Waals surface area contributed by atoms with Gasteiger partial charge in [0.05, 0.1) is 19.1 Å². The van der Waals surface area contributed by atoms with Crippen LogP contribution in [-0.2, 0) is 16.0 Å². The number of nitrogens with two attached hydrogens (primary N) is 1. The largest absolute Gasteiger partial charge is 0.378 e. The molecule has 1 atom stereocenters. The lowest BCUT2D eigenvalue weighted by Crippen LogP contribution is -2.46. The Morgan fingerprint density at radius 2 is 1.81 bits per heavy atom. The van der Waals surface area contributed by atoms with E-state index in [9.17, 15) is 4.79 Å². The molecule has 0 saturated carbocycles. The van der Waals surface area contributed by atoms with Gasteiger partial charge < -0.3 is 15.4 Å². The fourth-order valence-corrected chi connectivity index (χ4v) is 3.09. The maximum absolute atomic E-state index is 12.6. The molecule has 2 N–H and O–H groups in total. The Labute approximate surface area is 127 Å². The molecule has 1 aromatic carbocycles. The number of rotatable bonds is 4. The van der Waals surface area contributed by atoms with Crippen LogP contribution >= 0.6 is 0 Å². The summed E-state index contributed by atoms with van der Waals surface area (Å²) in [5, 5.41) is 0. The van der Waals surface area contributed by atoms with Crippen molar-refractivity contribution in [3.8, 4) is 0 Å². The first-order chi connectivity index (χ1) is 10.0. The molecule has 21 heavy (non-hydrogen) atoms. The van der Waals surface area contributed by atoms with Crippen molar-refractivity contribution in [2.24, 2.45) is 11.7 Å². The molecular weight excluding hydrogens is 264 g/mol. The predicted octanol–water partition coefficient (Wildman–Crippen LogP) is 1.59. The number of amides is 1. The first-order valence-corrected chi connectivity index (χ1v) is 7.66. The van der Waals surface area contributed by atoms with Crippen LogP contribution < -0.4 is 5.73 Å². The van der Waals surface area contributed by atoms with Crippen molar-refractivity contribution >= 4 is 5.91 Å². The highest BCUT2D eigenvalue weighted by atomic mass is 16.5. The van der Waals surface area contributed by atoms with Gasteiger partial charge in [-0.15, -0.1) is 0 Å². The Morgan fingerprint density at radius 1 is 1.24 bits per heavy atom. The lowest BCUT2D eigenvalue weighted by Gasteiger charge is -2.30. The normalized spacial score (nSPS) is 16.9. The Bertz CT molecular complexity index is 485. The Morgan fingerprint density at radius 3 is 2.33 bits per heavy atom. The van der Waals surface area contributed by atoms with Crippen LogP contribution in [0.2, 0.25) is 0 Å². The fourth-order valence-electron chi connectivity index (χ4n) is 3.09. The Hall–Kier alpha value is -1.39. The van der Waals surface area contributed by atoms with E-state index < -0.39 is 0 Å². The third kappa shape index (κ3) is 3.83. The van der Waals surface area contributed by atoms with Gasteiger partial charge in [-0.3, -0.25) is 4.79 Å². The van der Waals surface area contributed by atoms with Crippen molar-refractivity contribution in [2.45, 2.75) is 27.2 Å². The van der Waals surface area contributed by atoms with Crippen molar-refractivity contribution in [1.82, 2.24) is 4.90 Å². The van der Waals surface area contributed by atoms with Crippen LogP contribution in [0.1, 0.15) is 22.3 Å². The van der Waals surface area contributed by atoms with E-state index in [1.165, 1.54) is 22.3 Å². The first kappa shape index (κ1) is 16.0. The molecule has 1 saturated heterocycles. The summed E-state index contributed by atoms with van der Waals surface area (Å²) < 4.78 is 5.31. The third-order valence-electron chi connectivity index (χ3n) is 4.25. The number of benzene rings is 1. The average molecular weight is 290 g/mol. The van der Waals surface area contributed by atoms with Gasteiger partial charge in [0.25, 0.3) is 0 Å². The zero-order chi connectivity index (χ0) is 15.4. The van der Waals surface area contributed by atoms with E-state index >= 15 is 0 Å². The molecule has 4 heteroatoms. The van der Waals surface area contributed by atoms with Gasteiger partial charge in [-0.25, -0.2) is 0 Å². The van der Waals surface area contributed by atoms with E-state index in [2.05, 4.69) is 32.9 Å². The summed E-state index contributed by atoms with van der Waals surface area (Å²) in [7, 11) is 0. The zero-order valence-electron chi connectivity index (χ0n) is 13.3. The van der Waals surface area contributed by atoms with Crippen LogP contribution in [0.3, 0.4) is 0 Å². The summed E-state index contributed by atoms with van der Waals surface area (Å²) in [6.45, 7) is 9.34. The molecule has 1 aliphatic heterocycles. The maximum Gasteiger partial charge on any atom is 0.227 e. The minimum absolute atomic E-state index is 0.136. The number of morpholine rings is 1. The zero-order valence-corrected chi connectivity index (χ0v) is 13.3. The van der Waals surface area contributed by atoms with Crippen molar-refractivity contribution in [3.05, 3.63) is 34.4 Å². The maximum atomic E-state index is 12.6. The van der Waals surface area contributed by atoms with Crippen molar-refractivity contribution < 1.29 is 9.53 Å². The predicted molar refractivity (Wildman–Crippen MR) is 84.3 cm³/mol. The molecule has 0 spiro atoms. The van der Waals surface area contributed by atoms with Crippen LogP contribution in [0.15, 0.2) is 12.1 Å². The van der Waals surface area contributed by atoms with E-state index in [0.29, 0.717) is 32.8 Å². The molecule has 0 bridgehead atoms. The highest BCUT2D eigenvalue weighted by Gasteiger charge is 2.25. The topological polar surface area (TPSA) is 55.6 Å². The van der Waals surface area contributed by atoms with E-state index in [4.69, 9.17) is 10.5 Å². The molecule has 116 valence electrons. The molecule has 1 heterocycles. The van der Waals surface area contributed by atoms with Gasteiger partial charge in [-0.1, -0.05) is 17.7 Å². The number of hydrogen-bond acceptors (Lipinski definition) is 3. The number of ether oxygens (including phenoxy) is 1. The highest BCUT2D eigenvalue weighted by Crippen LogP contribution is 2.21. The monoisotopic (exact) mass is 290 g/mol. The summed E-state index contributed by atoms with van der Waals surface area (Å²) in [6.07, 6.45) is 0.727. The molecule has 1 aromatic rings. The second-order valence-electron chi connectivity index (χ2n) is 5.95. The second-order valence-corrected chi connectivity index (χ2v) is 5.95. The van der Waals surface area contributed by atoms with Crippen LogP contribution in [0.5, 0.6) is 0 Å². The second kappa shape index (κ2) is 7.05. The molecule has 2 rings (SSSR count). The molecule has 1 fully saturated rings. The molecule has 0 aliphatic carbocycles. The highest BCUT2D eigenvalue weighted by molar-refractivity contribution is 5.79. The lowest BCUT2D eigenvalue weighted by molar-refractivity contribution is -0.139. The Kier molecular flexibility index (Phi) is 5.37. The van der Waals surface area contributed by atoms with Gasteiger partial charge >= 0.3 is 0 Å². The van der Waals surface area contributed by atoms with E-state index in [0.717, 1.165) is 6.42 Å². The number of carbonyl (C=O) groups is 1. The van der Waals surface area contributed by atoms with E-state index in [-0.39, 0.29) is 11.8 Å². The van der Waals surface area contributed by atoms with Crippen LogP contribution in [0, 0.1) is 26.7 Å². The van der Waals surface area contributed by atoms with E-state index in [1.807, 2.05) is 4.90 Å². The van der Waals surface area contributed by atoms with Gasteiger partial charge in [-0.2, -0.15) is 0 Å². The molecule has 1 unspecified atom stereocenters. The minimum Gasteiger partial charge on any atom is -0.378 e. The summed E-state index contributed by atoms with van der Waals surface area (Å²) in [6, 6.07) is 4.35. The van der Waals surface area contributed by atoms with Crippen LogP contribution in [0.25, 0.3) is 0 Å². The van der Waals surface area contributed by atoms with Crippen molar-refractivity contribution in [2.75, 3.05) is 32.8 Å². The molecular formula is C17H26N2O2. The van der Waals surface area contributed by atoms with Crippen molar-refractivity contribution in [1.29, 1.82) is 0 Å². The number of aryl methyl sites for hydroxylation is 3. The van der Waals surface area contributed by atoms with E-state index in [1.54, 1.807) is 0 Å². The molecule has 0 aromatic heterocycles. The number of carbonyl (C=O) groups excluding carboxylic acids is 1. The molecule has 1 amide bonds. The van der Waals surface area contributed by atoms with Gasteiger partial charge in [0, 0.05) is 19.6 Å². The summed E-state index contributed by atoms with van der Waals surface area (Å²) in [4.78, 5) is 14.5. The SMILES string of the molecule is Cc1cc(C)c(CC(CN)C(=O)N2CCOCC2)c(C)c1. The quantitative estimate of drug-likeness (QED) is 0.916. The third-order valence-corrected chi connectivity index (χ3v) is 4.25. The molecule has 4 nitrogen and oxygen atoms in total. The molecule has 0 radical (unpaired) electrons. The van der Waals surface area contributed by atoms with Gasteiger partial charge in [0.2, 0.25) is 5.91 Å². The fraction of sp³-hybridized carbons (Fsp3) is 0.588. The van der Waals surface area contributed by atoms with Gasteiger partial charge in [0.15, 0.2) is 0 Å². The van der Waals surface area contributed by atoms with Crippen LogP contribution in [0.4, 0.5) is 0 Å². The minimum atomic E-state index is -0.136. The summed E-state index contributed by atoms with van der Waals surface area (Å²) in [5.41, 5.74) is 10.9. The van der Waals surface area contributed by atoms with Crippen LogP contribution in [-0.4, -0.2) is 43.7 Å². The number of nitrogens with zero attached hydrogens (tertiary/aromatic N) is 1. The average Bonchev–Trinajstić information content (AvgIpc) is 2.47. The smallest absolute Gasteiger partial charge is 0.227 e.